The predicted octanol–water partition coefficient (Wildman–Crippen LogP) is 3.42. The lowest BCUT2D eigenvalue weighted by atomic mass is 9.54. The van der Waals surface area contributed by atoms with Crippen LogP contribution in [-0.2, 0) is 4.79 Å². The van der Waals surface area contributed by atoms with Gasteiger partial charge in [-0.2, -0.15) is 15.8 Å². The Hall–Kier alpha value is -3.76. The highest BCUT2D eigenvalue weighted by atomic mass is 16.5. The van der Waals surface area contributed by atoms with Crippen molar-refractivity contribution in [1.29, 1.82) is 15.8 Å². The molecule has 3 rings (SSSR count). The second-order valence-electron chi connectivity index (χ2n) is 9.53. The molecule has 0 unspecified atom stereocenters. The van der Waals surface area contributed by atoms with Crippen molar-refractivity contribution >= 4 is 5.91 Å². The van der Waals surface area contributed by atoms with Gasteiger partial charge < -0.3 is 16.2 Å². The maximum absolute atomic E-state index is 11.0. The van der Waals surface area contributed by atoms with Gasteiger partial charge in [0.25, 0.3) is 5.91 Å². The summed E-state index contributed by atoms with van der Waals surface area (Å²) >= 11 is 0. The highest BCUT2D eigenvalue weighted by molar-refractivity contribution is 5.75. The lowest BCUT2D eigenvalue weighted by Crippen LogP contribution is -2.44. The van der Waals surface area contributed by atoms with Crippen molar-refractivity contribution in [2.45, 2.75) is 39.5 Å². The van der Waals surface area contributed by atoms with E-state index in [1.807, 2.05) is 0 Å². The lowest BCUT2D eigenvalue weighted by Gasteiger charge is -2.47. The Morgan fingerprint density at radius 2 is 1.81 bits per heavy atom. The maximum Gasteiger partial charge on any atom is 0.255 e. The van der Waals surface area contributed by atoms with Crippen LogP contribution in [-0.4, -0.2) is 12.5 Å². The van der Waals surface area contributed by atoms with Gasteiger partial charge >= 0.3 is 0 Å². The fourth-order valence-corrected chi connectivity index (χ4v) is 4.90. The van der Waals surface area contributed by atoms with Gasteiger partial charge in [-0.05, 0) is 53.4 Å². The van der Waals surface area contributed by atoms with Gasteiger partial charge in [-0.15, -0.1) is 0 Å². The number of carbonyl (C=O) groups excluding carboxylic acids is 1. The van der Waals surface area contributed by atoms with E-state index in [2.05, 4.69) is 45.1 Å². The van der Waals surface area contributed by atoms with E-state index in [1.54, 1.807) is 24.3 Å². The molecule has 2 aliphatic rings. The number of hydrogen-bond acceptors (Lipinski definition) is 6. The summed E-state index contributed by atoms with van der Waals surface area (Å²) in [5.41, 5.74) is 11.7. The molecule has 0 heterocycles. The van der Waals surface area contributed by atoms with E-state index in [0.29, 0.717) is 11.7 Å². The van der Waals surface area contributed by atoms with Gasteiger partial charge in [0.2, 0.25) is 0 Å². The van der Waals surface area contributed by atoms with Crippen molar-refractivity contribution in [2.24, 2.45) is 34.1 Å². The fourth-order valence-electron chi connectivity index (χ4n) is 4.90. The van der Waals surface area contributed by atoms with E-state index in [0.717, 1.165) is 24.0 Å². The van der Waals surface area contributed by atoms with Crippen molar-refractivity contribution in [1.82, 2.24) is 0 Å². The van der Waals surface area contributed by atoms with Crippen LogP contribution in [0.4, 0.5) is 0 Å². The number of primary amides is 1. The summed E-state index contributed by atoms with van der Waals surface area (Å²) in [6.45, 7) is 6.29. The quantitative estimate of drug-likeness (QED) is 0.748. The number of rotatable bonds is 4. The normalized spacial score (nSPS) is 24.2. The molecule has 0 aliphatic heterocycles. The van der Waals surface area contributed by atoms with Gasteiger partial charge in [-0.1, -0.05) is 39.0 Å². The SMILES string of the molecule is CC(C)(C)[C@@H]1CC=C2C(C#N)=C(N)C(C#N)(C#N)[C@@H](c3ccc(OCC(N)=O)cc3)[C@H]2C1. The van der Waals surface area contributed by atoms with Crippen LogP contribution < -0.4 is 16.2 Å². The smallest absolute Gasteiger partial charge is 0.255 e. The van der Waals surface area contributed by atoms with Gasteiger partial charge in [0.1, 0.15) is 11.8 Å². The average molecular weight is 430 g/mol. The van der Waals surface area contributed by atoms with E-state index in [1.165, 1.54) is 0 Å². The predicted molar refractivity (Wildman–Crippen MR) is 118 cm³/mol. The van der Waals surface area contributed by atoms with Gasteiger partial charge in [-0.25, -0.2) is 0 Å². The van der Waals surface area contributed by atoms with Crippen LogP contribution >= 0.6 is 0 Å². The molecular formula is C25H27N5O2. The Bertz CT molecular complexity index is 1090. The van der Waals surface area contributed by atoms with Crippen LogP contribution in [0.15, 0.2) is 47.2 Å². The molecule has 2 aliphatic carbocycles. The van der Waals surface area contributed by atoms with Crippen molar-refractivity contribution in [2.75, 3.05) is 6.61 Å². The van der Waals surface area contributed by atoms with Crippen molar-refractivity contribution < 1.29 is 9.53 Å². The summed E-state index contributed by atoms with van der Waals surface area (Å²) in [5.74, 6) is -0.549. The number of nitrogens with zero attached hydrogens (tertiary/aromatic N) is 3. The molecule has 7 nitrogen and oxygen atoms in total. The second-order valence-corrected chi connectivity index (χ2v) is 9.53. The van der Waals surface area contributed by atoms with Crippen LogP contribution in [0.2, 0.25) is 0 Å². The summed E-state index contributed by atoms with van der Waals surface area (Å²) in [7, 11) is 0. The van der Waals surface area contributed by atoms with E-state index < -0.39 is 17.2 Å². The molecule has 0 spiro atoms. The Balaban J connectivity index is 2.16. The third kappa shape index (κ3) is 3.81. The summed E-state index contributed by atoms with van der Waals surface area (Å²) in [4.78, 5) is 11.0. The topological polar surface area (TPSA) is 150 Å². The first-order valence-corrected chi connectivity index (χ1v) is 10.5. The Morgan fingerprint density at radius 1 is 1.19 bits per heavy atom. The van der Waals surface area contributed by atoms with Crippen LogP contribution in [0, 0.1) is 56.7 Å². The molecule has 0 aromatic heterocycles. The van der Waals surface area contributed by atoms with Crippen molar-refractivity contribution in [3.63, 3.8) is 0 Å². The monoisotopic (exact) mass is 429 g/mol. The zero-order valence-electron chi connectivity index (χ0n) is 18.6. The third-order valence-corrected chi connectivity index (χ3v) is 6.72. The Morgan fingerprint density at radius 3 is 2.31 bits per heavy atom. The molecule has 1 amide bonds. The number of allylic oxidation sites excluding steroid dienone is 4. The van der Waals surface area contributed by atoms with Crippen LogP contribution in [0.3, 0.4) is 0 Å². The highest BCUT2D eigenvalue weighted by Crippen LogP contribution is 2.57. The average Bonchev–Trinajstić information content (AvgIpc) is 2.76. The summed E-state index contributed by atoms with van der Waals surface area (Å²) in [6.07, 6.45) is 3.61. The second kappa shape index (κ2) is 8.40. The van der Waals surface area contributed by atoms with E-state index >= 15 is 0 Å². The summed E-state index contributed by atoms with van der Waals surface area (Å²) < 4.78 is 5.35. The van der Waals surface area contributed by atoms with E-state index in [-0.39, 0.29) is 29.2 Å². The standard InChI is InChI=1S/C25H27N5O2/c1-24(2,3)16-6-9-18-19(10-16)22(25(13-27,14-28)23(30)20(18)11-26)15-4-7-17(8-5-15)32-12-21(29)31/h4-5,7-9,16,19,22H,6,10,12,30H2,1-3H3,(H2,29,31)/t16-,19+,22+/m1/s1. The van der Waals surface area contributed by atoms with Gasteiger partial charge in [-0.3, -0.25) is 4.79 Å². The minimum absolute atomic E-state index is 0.0146. The molecule has 0 saturated heterocycles. The van der Waals surface area contributed by atoms with Crippen LogP contribution in [0.5, 0.6) is 5.75 Å². The maximum atomic E-state index is 11.0. The number of hydrogen-bond donors (Lipinski definition) is 2. The first kappa shape index (κ1) is 22.9. The van der Waals surface area contributed by atoms with Crippen molar-refractivity contribution in [3.05, 3.63) is 52.7 Å². The Labute approximate surface area is 188 Å². The molecule has 7 heteroatoms. The number of amides is 1. The molecular weight excluding hydrogens is 402 g/mol. The number of carbonyl (C=O) groups is 1. The third-order valence-electron chi connectivity index (χ3n) is 6.72. The van der Waals surface area contributed by atoms with Crippen LogP contribution in [0.25, 0.3) is 0 Å². The molecule has 0 radical (unpaired) electrons. The van der Waals surface area contributed by atoms with E-state index in [9.17, 15) is 20.6 Å². The largest absolute Gasteiger partial charge is 0.484 e. The molecule has 3 atom stereocenters. The van der Waals surface area contributed by atoms with Crippen molar-refractivity contribution in [3.8, 4) is 24.0 Å². The van der Waals surface area contributed by atoms with Crippen LogP contribution in [0.1, 0.15) is 45.1 Å². The zero-order chi connectivity index (χ0) is 23.7. The number of benzene rings is 1. The molecule has 32 heavy (non-hydrogen) atoms. The summed E-state index contributed by atoms with van der Waals surface area (Å²) in [5, 5.41) is 30.2. The minimum atomic E-state index is -1.66. The molecule has 1 aromatic carbocycles. The fraction of sp³-hybridized carbons (Fsp3) is 0.440. The molecule has 164 valence electrons. The first-order chi connectivity index (χ1) is 15.1. The Kier molecular flexibility index (Phi) is 6.02. The minimum Gasteiger partial charge on any atom is -0.484 e. The molecule has 0 bridgehead atoms. The number of nitrogens with two attached hydrogens (primary N) is 2. The lowest BCUT2D eigenvalue weighted by molar-refractivity contribution is -0.119. The molecule has 0 fully saturated rings. The summed E-state index contributed by atoms with van der Waals surface area (Å²) in [6, 6.07) is 13.4. The van der Waals surface area contributed by atoms with Gasteiger partial charge in [0.05, 0.1) is 23.4 Å². The molecule has 0 saturated carbocycles. The number of ether oxygens (including phenoxy) is 1. The highest BCUT2D eigenvalue weighted by Gasteiger charge is 2.55. The zero-order valence-corrected chi connectivity index (χ0v) is 18.6. The number of fused-ring (bicyclic) bond motifs is 1. The number of nitriles is 3. The van der Waals surface area contributed by atoms with Gasteiger partial charge in [0.15, 0.2) is 12.0 Å². The van der Waals surface area contributed by atoms with E-state index in [4.69, 9.17) is 16.2 Å². The molecule has 4 N–H and O–H groups in total. The first-order valence-electron chi connectivity index (χ1n) is 10.5. The molecule has 1 aromatic rings. The van der Waals surface area contributed by atoms with Gasteiger partial charge in [0, 0.05) is 5.92 Å².